The second-order valence-corrected chi connectivity index (χ2v) is 7.87. The van der Waals surface area contributed by atoms with E-state index < -0.39 is 0 Å². The van der Waals surface area contributed by atoms with Crippen molar-refractivity contribution in [3.05, 3.63) is 67.9 Å². The van der Waals surface area contributed by atoms with E-state index in [1.165, 1.54) is 22.7 Å². The molecule has 0 aliphatic rings. The van der Waals surface area contributed by atoms with Gasteiger partial charge in [0.25, 0.3) is 0 Å². The van der Waals surface area contributed by atoms with E-state index in [-0.39, 0.29) is 9.75 Å². The maximum atomic E-state index is 12.4. The minimum absolute atomic E-state index is 0.00229. The first kappa shape index (κ1) is 16.9. The van der Waals surface area contributed by atoms with Crippen LogP contribution in [-0.4, -0.2) is 21.4 Å². The summed E-state index contributed by atoms with van der Waals surface area (Å²) in [6.07, 6.45) is 0. The first-order valence-electron chi connectivity index (χ1n) is 8.36. The highest BCUT2D eigenvalue weighted by atomic mass is 32.1. The Kier molecular flexibility index (Phi) is 4.57. The molecule has 0 aliphatic carbocycles. The highest BCUT2D eigenvalue weighted by molar-refractivity contribution is 7.16. The average Bonchev–Trinajstić information content (AvgIpc) is 3.12. The number of nitrogens with zero attached hydrogens (tertiary/aromatic N) is 3. The minimum atomic E-state index is -0.00229. The van der Waals surface area contributed by atoms with E-state index >= 15 is 0 Å². The summed E-state index contributed by atoms with van der Waals surface area (Å²) >= 11 is 2.48. The zero-order valence-electron chi connectivity index (χ0n) is 14.2. The topological polar surface area (TPSA) is 56.4 Å². The molecule has 0 aliphatic heterocycles. The molecule has 4 rings (SSSR count). The van der Waals surface area contributed by atoms with Crippen molar-refractivity contribution in [2.24, 2.45) is 4.99 Å². The molecule has 4 aromatic rings. The van der Waals surface area contributed by atoms with Gasteiger partial charge in [-0.05, 0) is 31.2 Å². The molecule has 0 atom stereocenters. The van der Waals surface area contributed by atoms with Gasteiger partial charge in [-0.15, -0.1) is 0 Å². The molecule has 0 N–H and O–H groups in total. The van der Waals surface area contributed by atoms with Gasteiger partial charge in [0.05, 0.1) is 39.2 Å². The standard InChI is InChI=1S/C19H17N3O2S2/c1-2-20-13(11-21-14-7-3-5-9-16(14)25-18(21)23)12-22-15-8-4-6-10-17(15)26-19(22)24/h3-10H,2,11-12H2,1H3. The second kappa shape index (κ2) is 7.01. The third-order valence-corrected chi connectivity index (χ3v) is 6.13. The van der Waals surface area contributed by atoms with Crippen molar-refractivity contribution < 1.29 is 0 Å². The van der Waals surface area contributed by atoms with Crippen LogP contribution in [0.2, 0.25) is 0 Å². The van der Waals surface area contributed by atoms with Crippen molar-refractivity contribution >= 4 is 48.8 Å². The number of rotatable bonds is 5. The quantitative estimate of drug-likeness (QED) is 0.495. The van der Waals surface area contributed by atoms with Crippen molar-refractivity contribution in [2.45, 2.75) is 20.0 Å². The number of thiazole rings is 2. The van der Waals surface area contributed by atoms with Gasteiger partial charge in [-0.1, -0.05) is 46.9 Å². The Labute approximate surface area is 157 Å². The molecule has 0 unspecified atom stereocenters. The van der Waals surface area contributed by atoms with Crippen LogP contribution in [0.25, 0.3) is 20.4 Å². The molecule has 0 spiro atoms. The number of hydrogen-bond acceptors (Lipinski definition) is 5. The Balaban J connectivity index is 1.74. The van der Waals surface area contributed by atoms with E-state index in [9.17, 15) is 9.59 Å². The highest BCUT2D eigenvalue weighted by Crippen LogP contribution is 2.18. The number of para-hydroxylation sites is 2. The van der Waals surface area contributed by atoms with Crippen molar-refractivity contribution in [1.82, 2.24) is 9.13 Å². The molecule has 0 saturated heterocycles. The van der Waals surface area contributed by atoms with Crippen molar-refractivity contribution in [3.63, 3.8) is 0 Å². The van der Waals surface area contributed by atoms with Gasteiger partial charge in [-0.25, -0.2) is 0 Å². The predicted octanol–water partition coefficient (Wildman–Crippen LogP) is 3.60. The van der Waals surface area contributed by atoms with Crippen LogP contribution in [0.5, 0.6) is 0 Å². The van der Waals surface area contributed by atoms with E-state index in [2.05, 4.69) is 4.99 Å². The predicted molar refractivity (Wildman–Crippen MR) is 110 cm³/mol. The lowest BCUT2D eigenvalue weighted by atomic mass is 10.3. The summed E-state index contributed by atoms with van der Waals surface area (Å²) in [5.74, 6) is 0. The van der Waals surface area contributed by atoms with E-state index in [1.54, 1.807) is 9.13 Å². The Bertz CT molecular complexity index is 1130. The van der Waals surface area contributed by atoms with Crippen LogP contribution in [0.1, 0.15) is 6.92 Å². The number of benzene rings is 2. The average molecular weight is 383 g/mol. The lowest BCUT2D eigenvalue weighted by molar-refractivity contribution is 0.791. The molecule has 0 saturated carbocycles. The van der Waals surface area contributed by atoms with Gasteiger partial charge < -0.3 is 0 Å². The van der Waals surface area contributed by atoms with Crippen LogP contribution in [0, 0.1) is 0 Å². The molecule has 7 heteroatoms. The smallest absolute Gasteiger partial charge is 0.293 e. The first-order chi connectivity index (χ1) is 12.7. The van der Waals surface area contributed by atoms with E-state index in [0.29, 0.717) is 19.6 Å². The van der Waals surface area contributed by atoms with Gasteiger partial charge in [0.1, 0.15) is 0 Å². The summed E-state index contributed by atoms with van der Waals surface area (Å²) in [4.78, 5) is 29.4. The molecular formula is C19H17N3O2S2. The molecule has 0 radical (unpaired) electrons. The fourth-order valence-corrected chi connectivity index (χ4v) is 4.85. The molecule has 2 aromatic heterocycles. The molecule has 2 aromatic carbocycles. The molecule has 2 heterocycles. The summed E-state index contributed by atoms with van der Waals surface area (Å²) in [7, 11) is 0. The second-order valence-electron chi connectivity index (χ2n) is 5.88. The largest absolute Gasteiger partial charge is 0.308 e. The van der Waals surface area contributed by atoms with E-state index in [0.717, 1.165) is 26.1 Å². The van der Waals surface area contributed by atoms with Crippen LogP contribution in [-0.2, 0) is 13.1 Å². The van der Waals surface area contributed by atoms with Gasteiger partial charge in [-0.2, -0.15) is 0 Å². The lowest BCUT2D eigenvalue weighted by Crippen LogP contribution is -2.26. The number of fused-ring (bicyclic) bond motifs is 2. The molecule has 0 fully saturated rings. The molecule has 5 nitrogen and oxygen atoms in total. The van der Waals surface area contributed by atoms with Crippen LogP contribution < -0.4 is 9.75 Å². The lowest BCUT2D eigenvalue weighted by Gasteiger charge is -2.10. The monoisotopic (exact) mass is 383 g/mol. The molecular weight excluding hydrogens is 366 g/mol. The van der Waals surface area contributed by atoms with Crippen LogP contribution >= 0.6 is 22.7 Å². The fraction of sp³-hybridized carbons (Fsp3) is 0.211. The molecule has 0 amide bonds. The minimum Gasteiger partial charge on any atom is -0.293 e. The summed E-state index contributed by atoms with van der Waals surface area (Å²) in [5, 5.41) is 0. The zero-order chi connectivity index (χ0) is 18.1. The Hall–Kier alpha value is -2.51. The van der Waals surface area contributed by atoms with Crippen LogP contribution in [0.4, 0.5) is 0 Å². The summed E-state index contributed by atoms with van der Waals surface area (Å²) in [5.41, 5.74) is 2.64. The fourth-order valence-electron chi connectivity index (χ4n) is 3.07. The Morgan fingerprint density at radius 2 is 1.31 bits per heavy atom. The van der Waals surface area contributed by atoms with E-state index in [1.807, 2.05) is 55.5 Å². The van der Waals surface area contributed by atoms with Gasteiger partial charge in [0.2, 0.25) is 0 Å². The highest BCUT2D eigenvalue weighted by Gasteiger charge is 2.13. The molecule has 132 valence electrons. The SMILES string of the molecule is CCN=C(Cn1c(=O)sc2ccccc21)Cn1c(=O)sc2ccccc21. The van der Waals surface area contributed by atoms with E-state index in [4.69, 9.17) is 0 Å². The molecule has 0 bridgehead atoms. The Morgan fingerprint density at radius 1 is 0.846 bits per heavy atom. The number of hydrogen-bond donors (Lipinski definition) is 0. The number of aliphatic imine (C=N–C) groups is 1. The third-order valence-electron chi connectivity index (χ3n) is 4.21. The maximum Gasteiger partial charge on any atom is 0.308 e. The normalized spacial score (nSPS) is 11.3. The summed E-state index contributed by atoms with van der Waals surface area (Å²) in [6, 6.07) is 15.5. The van der Waals surface area contributed by atoms with Crippen molar-refractivity contribution in [2.75, 3.05) is 6.54 Å². The van der Waals surface area contributed by atoms with Gasteiger partial charge in [0.15, 0.2) is 0 Å². The van der Waals surface area contributed by atoms with Gasteiger partial charge >= 0.3 is 9.75 Å². The summed E-state index contributed by atoms with van der Waals surface area (Å²) in [6.45, 7) is 3.37. The maximum absolute atomic E-state index is 12.4. The molecule has 26 heavy (non-hydrogen) atoms. The summed E-state index contributed by atoms with van der Waals surface area (Å²) < 4.78 is 5.42. The number of aromatic nitrogens is 2. The van der Waals surface area contributed by atoms with Gasteiger partial charge in [-0.3, -0.25) is 23.7 Å². The first-order valence-corrected chi connectivity index (χ1v) is 9.99. The van der Waals surface area contributed by atoms with Crippen LogP contribution in [0.15, 0.2) is 63.1 Å². The van der Waals surface area contributed by atoms with Gasteiger partial charge in [0, 0.05) is 6.54 Å². The zero-order valence-corrected chi connectivity index (χ0v) is 15.8. The van der Waals surface area contributed by atoms with Crippen LogP contribution in [0.3, 0.4) is 0 Å². The van der Waals surface area contributed by atoms with Crippen molar-refractivity contribution in [3.8, 4) is 0 Å². The van der Waals surface area contributed by atoms with Crippen molar-refractivity contribution in [1.29, 1.82) is 0 Å². The Morgan fingerprint density at radius 3 is 1.77 bits per heavy atom. The third kappa shape index (κ3) is 3.04.